The van der Waals surface area contributed by atoms with Crippen LogP contribution >= 0.6 is 0 Å². The van der Waals surface area contributed by atoms with E-state index in [2.05, 4.69) is 5.92 Å². The van der Waals surface area contributed by atoms with Crippen LogP contribution in [0, 0.1) is 12.3 Å². The molecule has 0 bridgehead atoms. The van der Waals surface area contributed by atoms with Gasteiger partial charge in [-0.1, -0.05) is 18.1 Å². The average Bonchev–Trinajstić information content (AvgIpc) is 2.05. The van der Waals surface area contributed by atoms with E-state index in [1.54, 1.807) is 24.3 Å². The second-order valence-corrected chi connectivity index (χ2v) is 2.21. The Labute approximate surface area is 65.7 Å². The molecule has 1 atom stereocenters. The number of terminal acetylenes is 1. The molecule has 2 heteroatoms. The first-order valence-electron chi connectivity index (χ1n) is 3.24. The predicted molar refractivity (Wildman–Crippen MR) is 43.5 cm³/mol. The summed E-state index contributed by atoms with van der Waals surface area (Å²) in [5.74, 6) is 2.47. The Hall–Kier alpha value is -1.30. The van der Waals surface area contributed by atoms with Crippen molar-refractivity contribution in [2.75, 3.05) is 0 Å². The molecule has 1 unspecified atom stereocenters. The highest BCUT2D eigenvalue weighted by molar-refractivity contribution is 5.34. The molecule has 0 radical (unpaired) electrons. The van der Waals surface area contributed by atoms with E-state index in [-0.39, 0.29) is 0 Å². The zero-order valence-electron chi connectivity index (χ0n) is 5.99. The molecule has 0 fully saturated rings. The van der Waals surface area contributed by atoms with Gasteiger partial charge in [-0.15, -0.1) is 6.42 Å². The van der Waals surface area contributed by atoms with Crippen molar-refractivity contribution < 1.29 is 5.11 Å². The minimum atomic E-state index is -0.915. The number of rotatable bonds is 1. The second kappa shape index (κ2) is 3.20. The lowest BCUT2D eigenvalue weighted by atomic mass is 10.1. The number of nitrogens with two attached hydrogens (primary N) is 1. The van der Waals surface area contributed by atoms with Crippen molar-refractivity contribution in [3.05, 3.63) is 35.4 Å². The first-order chi connectivity index (χ1) is 5.24. The van der Waals surface area contributed by atoms with Crippen molar-refractivity contribution in [2.24, 2.45) is 5.73 Å². The Balaban J connectivity index is 2.94. The zero-order chi connectivity index (χ0) is 8.27. The van der Waals surface area contributed by atoms with E-state index >= 15 is 0 Å². The molecular formula is C9H9NO. The Morgan fingerprint density at radius 1 is 1.36 bits per heavy atom. The first-order valence-corrected chi connectivity index (χ1v) is 3.24. The third-order valence-corrected chi connectivity index (χ3v) is 1.42. The summed E-state index contributed by atoms with van der Waals surface area (Å²) in [5.41, 5.74) is 6.67. The number of aliphatic hydroxyl groups is 1. The molecule has 1 rings (SSSR count). The monoisotopic (exact) mass is 147 g/mol. The number of benzene rings is 1. The van der Waals surface area contributed by atoms with Gasteiger partial charge < -0.3 is 10.8 Å². The molecule has 0 heterocycles. The molecule has 0 saturated heterocycles. The van der Waals surface area contributed by atoms with Crippen LogP contribution in [0.2, 0.25) is 0 Å². The summed E-state index contributed by atoms with van der Waals surface area (Å²) in [6.07, 6.45) is 4.22. The minimum Gasteiger partial charge on any atom is -0.375 e. The Morgan fingerprint density at radius 2 is 1.91 bits per heavy atom. The van der Waals surface area contributed by atoms with Gasteiger partial charge in [-0.2, -0.15) is 0 Å². The third kappa shape index (κ3) is 1.81. The maximum Gasteiger partial charge on any atom is 0.128 e. The van der Waals surface area contributed by atoms with Crippen LogP contribution in [-0.2, 0) is 0 Å². The van der Waals surface area contributed by atoms with E-state index in [0.29, 0.717) is 5.56 Å². The molecular weight excluding hydrogens is 138 g/mol. The highest BCUT2D eigenvalue weighted by Gasteiger charge is 1.98. The van der Waals surface area contributed by atoms with Crippen molar-refractivity contribution in [2.45, 2.75) is 6.23 Å². The molecule has 1 aromatic rings. The van der Waals surface area contributed by atoms with Crippen LogP contribution in [0.4, 0.5) is 0 Å². The quantitative estimate of drug-likeness (QED) is 0.451. The third-order valence-electron chi connectivity index (χ3n) is 1.42. The van der Waals surface area contributed by atoms with Crippen LogP contribution in [0.25, 0.3) is 0 Å². The fraction of sp³-hybridized carbons (Fsp3) is 0.111. The maximum atomic E-state index is 8.91. The normalized spacial score (nSPS) is 12.1. The van der Waals surface area contributed by atoms with Crippen LogP contribution in [-0.4, -0.2) is 5.11 Å². The van der Waals surface area contributed by atoms with Crippen molar-refractivity contribution in [3.8, 4) is 12.3 Å². The Kier molecular flexibility index (Phi) is 2.27. The number of hydrogen-bond donors (Lipinski definition) is 2. The highest BCUT2D eigenvalue weighted by atomic mass is 16.3. The Morgan fingerprint density at radius 3 is 2.27 bits per heavy atom. The summed E-state index contributed by atoms with van der Waals surface area (Å²) < 4.78 is 0. The van der Waals surface area contributed by atoms with Gasteiger partial charge in [-0.05, 0) is 17.7 Å². The van der Waals surface area contributed by atoms with Gasteiger partial charge in [-0.3, -0.25) is 0 Å². The van der Waals surface area contributed by atoms with Gasteiger partial charge in [0.2, 0.25) is 0 Å². The van der Waals surface area contributed by atoms with Crippen molar-refractivity contribution in [1.29, 1.82) is 0 Å². The van der Waals surface area contributed by atoms with E-state index in [1.165, 1.54) is 0 Å². The van der Waals surface area contributed by atoms with Crippen LogP contribution in [0.3, 0.4) is 0 Å². The SMILES string of the molecule is C#Cc1ccc(C(N)O)cc1. The number of aliphatic hydroxyl groups excluding tert-OH is 1. The molecule has 3 N–H and O–H groups in total. The minimum absolute atomic E-state index is 0.670. The van der Waals surface area contributed by atoms with Gasteiger partial charge in [0.05, 0.1) is 0 Å². The lowest BCUT2D eigenvalue weighted by molar-refractivity contribution is 0.186. The molecule has 0 aromatic heterocycles. The van der Waals surface area contributed by atoms with E-state index in [0.717, 1.165) is 5.56 Å². The van der Waals surface area contributed by atoms with Crippen LogP contribution in [0.15, 0.2) is 24.3 Å². The topological polar surface area (TPSA) is 46.2 Å². The molecule has 1 aromatic carbocycles. The standard InChI is InChI=1S/C9H9NO/c1-2-7-3-5-8(6-4-7)9(10)11/h1,3-6,9,11H,10H2. The van der Waals surface area contributed by atoms with E-state index < -0.39 is 6.23 Å². The molecule has 2 nitrogen and oxygen atoms in total. The fourth-order valence-corrected chi connectivity index (χ4v) is 0.777. The summed E-state index contributed by atoms with van der Waals surface area (Å²) in [4.78, 5) is 0. The van der Waals surface area contributed by atoms with Gasteiger partial charge in [0.1, 0.15) is 6.23 Å². The highest BCUT2D eigenvalue weighted by Crippen LogP contribution is 2.07. The Bertz CT molecular complexity index is 269. The molecule has 11 heavy (non-hydrogen) atoms. The molecule has 0 amide bonds. The molecule has 0 aliphatic rings. The average molecular weight is 147 g/mol. The fourth-order valence-electron chi connectivity index (χ4n) is 0.777. The van der Waals surface area contributed by atoms with E-state index in [4.69, 9.17) is 17.3 Å². The molecule has 0 aliphatic carbocycles. The smallest absolute Gasteiger partial charge is 0.128 e. The summed E-state index contributed by atoms with van der Waals surface area (Å²) >= 11 is 0. The van der Waals surface area contributed by atoms with E-state index in [9.17, 15) is 0 Å². The van der Waals surface area contributed by atoms with Crippen LogP contribution in [0.1, 0.15) is 17.4 Å². The lowest BCUT2D eigenvalue weighted by Gasteiger charge is -2.02. The summed E-state index contributed by atoms with van der Waals surface area (Å²) in [5, 5.41) is 8.91. The number of hydrogen-bond acceptors (Lipinski definition) is 2. The van der Waals surface area contributed by atoms with Gasteiger partial charge in [0.15, 0.2) is 0 Å². The molecule has 0 spiro atoms. The molecule has 56 valence electrons. The summed E-state index contributed by atoms with van der Waals surface area (Å²) in [6.45, 7) is 0. The van der Waals surface area contributed by atoms with Gasteiger partial charge in [0.25, 0.3) is 0 Å². The van der Waals surface area contributed by atoms with Crippen molar-refractivity contribution in [1.82, 2.24) is 0 Å². The van der Waals surface area contributed by atoms with Crippen molar-refractivity contribution >= 4 is 0 Å². The lowest BCUT2D eigenvalue weighted by Crippen LogP contribution is -2.07. The van der Waals surface area contributed by atoms with Gasteiger partial charge in [-0.25, -0.2) is 0 Å². The summed E-state index contributed by atoms with van der Waals surface area (Å²) in [6, 6.07) is 6.90. The summed E-state index contributed by atoms with van der Waals surface area (Å²) in [7, 11) is 0. The van der Waals surface area contributed by atoms with Crippen LogP contribution in [0.5, 0.6) is 0 Å². The second-order valence-electron chi connectivity index (χ2n) is 2.21. The van der Waals surface area contributed by atoms with Crippen molar-refractivity contribution in [3.63, 3.8) is 0 Å². The molecule has 0 saturated carbocycles. The van der Waals surface area contributed by atoms with Gasteiger partial charge in [0, 0.05) is 5.56 Å². The largest absolute Gasteiger partial charge is 0.375 e. The van der Waals surface area contributed by atoms with Crippen LogP contribution < -0.4 is 5.73 Å². The van der Waals surface area contributed by atoms with Gasteiger partial charge >= 0.3 is 0 Å². The van der Waals surface area contributed by atoms with E-state index in [1.807, 2.05) is 0 Å². The zero-order valence-corrected chi connectivity index (χ0v) is 5.99. The first kappa shape index (κ1) is 7.80. The maximum absolute atomic E-state index is 8.91. The predicted octanol–water partition coefficient (Wildman–Crippen LogP) is 0.618. The molecule has 0 aliphatic heterocycles.